The second kappa shape index (κ2) is 4.18. The van der Waals surface area contributed by atoms with Crippen molar-refractivity contribution in [3.8, 4) is 11.3 Å². The second-order valence-electron chi connectivity index (χ2n) is 5.22. The number of rotatable bonds is 1. The third-order valence-electron chi connectivity index (χ3n) is 3.96. The molecule has 0 N–H and O–H groups in total. The summed E-state index contributed by atoms with van der Waals surface area (Å²) in [7, 11) is 0. The van der Waals surface area contributed by atoms with E-state index in [9.17, 15) is 0 Å². The summed E-state index contributed by atoms with van der Waals surface area (Å²) >= 11 is 0. The smallest absolute Gasteiger partial charge is 0.154 e. The van der Waals surface area contributed by atoms with Crippen LogP contribution in [-0.2, 0) is 0 Å². The van der Waals surface area contributed by atoms with Gasteiger partial charge in [0, 0.05) is 22.5 Å². The Labute approximate surface area is 125 Å². The normalized spacial score (nSPS) is 11.6. The lowest BCUT2D eigenvalue weighted by atomic mass is 10.1. The van der Waals surface area contributed by atoms with Crippen molar-refractivity contribution in [1.29, 1.82) is 0 Å². The molecular formula is C18H11N3O. The van der Waals surface area contributed by atoms with Crippen molar-refractivity contribution in [3.05, 3.63) is 67.0 Å². The molecular weight excluding hydrogens is 274 g/mol. The standard InChI is InChI=1S/C18H11N3O/c1-2-8-16-12(5-1)13-6-3-7-14(18(13)22-16)15-11-19-17-9-4-10-20-21(15)17/h1-11H. The molecule has 0 radical (unpaired) electrons. The van der Waals surface area contributed by atoms with Crippen LogP contribution in [0, 0.1) is 0 Å². The third kappa shape index (κ3) is 1.46. The molecule has 22 heavy (non-hydrogen) atoms. The molecule has 0 aliphatic heterocycles. The molecule has 0 bridgehead atoms. The van der Waals surface area contributed by atoms with E-state index < -0.39 is 0 Å². The second-order valence-corrected chi connectivity index (χ2v) is 5.22. The van der Waals surface area contributed by atoms with E-state index in [1.165, 1.54) is 0 Å². The highest BCUT2D eigenvalue weighted by Gasteiger charge is 2.14. The van der Waals surface area contributed by atoms with Gasteiger partial charge in [-0.05, 0) is 24.3 Å². The van der Waals surface area contributed by atoms with E-state index >= 15 is 0 Å². The Bertz CT molecular complexity index is 1140. The van der Waals surface area contributed by atoms with E-state index in [1.807, 2.05) is 53.2 Å². The highest BCUT2D eigenvalue weighted by atomic mass is 16.3. The molecule has 0 saturated heterocycles. The maximum absolute atomic E-state index is 6.09. The molecule has 0 aliphatic rings. The fraction of sp³-hybridized carbons (Fsp3) is 0. The van der Waals surface area contributed by atoms with Gasteiger partial charge in [0.2, 0.25) is 0 Å². The summed E-state index contributed by atoms with van der Waals surface area (Å²) in [5.74, 6) is 0. The van der Waals surface area contributed by atoms with Crippen LogP contribution < -0.4 is 0 Å². The Balaban J connectivity index is 1.92. The van der Waals surface area contributed by atoms with Crippen LogP contribution in [-0.4, -0.2) is 14.6 Å². The predicted molar refractivity (Wildman–Crippen MR) is 85.7 cm³/mol. The first-order chi connectivity index (χ1) is 10.9. The number of benzene rings is 2. The zero-order valence-electron chi connectivity index (χ0n) is 11.6. The van der Waals surface area contributed by atoms with Crippen molar-refractivity contribution in [3.63, 3.8) is 0 Å². The van der Waals surface area contributed by atoms with Crippen molar-refractivity contribution in [2.45, 2.75) is 0 Å². The van der Waals surface area contributed by atoms with Crippen molar-refractivity contribution in [1.82, 2.24) is 14.6 Å². The number of hydrogen-bond donors (Lipinski definition) is 0. The highest BCUT2D eigenvalue weighted by Crippen LogP contribution is 2.35. The molecule has 0 atom stereocenters. The summed E-state index contributed by atoms with van der Waals surface area (Å²) in [4.78, 5) is 4.41. The van der Waals surface area contributed by atoms with Gasteiger partial charge in [0.1, 0.15) is 11.2 Å². The van der Waals surface area contributed by atoms with Crippen molar-refractivity contribution < 1.29 is 4.42 Å². The summed E-state index contributed by atoms with van der Waals surface area (Å²) in [5, 5.41) is 6.63. The summed E-state index contributed by atoms with van der Waals surface area (Å²) in [6, 6.07) is 18.1. The monoisotopic (exact) mass is 285 g/mol. The zero-order valence-corrected chi connectivity index (χ0v) is 11.6. The average Bonchev–Trinajstić information content (AvgIpc) is 3.16. The van der Waals surface area contributed by atoms with Crippen molar-refractivity contribution >= 4 is 27.6 Å². The summed E-state index contributed by atoms with van der Waals surface area (Å²) in [6.07, 6.45) is 3.60. The van der Waals surface area contributed by atoms with Gasteiger partial charge in [-0.25, -0.2) is 9.50 Å². The minimum Gasteiger partial charge on any atom is -0.455 e. The minimum atomic E-state index is 0.825. The molecule has 2 aromatic carbocycles. The highest BCUT2D eigenvalue weighted by molar-refractivity contribution is 6.09. The van der Waals surface area contributed by atoms with E-state index in [0.29, 0.717) is 0 Å². The van der Waals surface area contributed by atoms with E-state index in [-0.39, 0.29) is 0 Å². The molecule has 4 nitrogen and oxygen atoms in total. The van der Waals surface area contributed by atoms with Gasteiger partial charge in [-0.15, -0.1) is 0 Å². The summed E-state index contributed by atoms with van der Waals surface area (Å²) in [6.45, 7) is 0. The number of aromatic nitrogens is 3. The first-order valence-corrected chi connectivity index (χ1v) is 7.11. The van der Waals surface area contributed by atoms with Gasteiger partial charge in [-0.1, -0.05) is 30.3 Å². The number of fused-ring (bicyclic) bond motifs is 4. The lowest BCUT2D eigenvalue weighted by Gasteiger charge is -2.01. The quantitative estimate of drug-likeness (QED) is 0.461. The van der Waals surface area contributed by atoms with Gasteiger partial charge in [0.05, 0.1) is 11.9 Å². The zero-order chi connectivity index (χ0) is 14.5. The minimum absolute atomic E-state index is 0.825. The Morgan fingerprint density at radius 1 is 0.864 bits per heavy atom. The first kappa shape index (κ1) is 11.5. The van der Waals surface area contributed by atoms with Crippen LogP contribution in [0.4, 0.5) is 0 Å². The maximum Gasteiger partial charge on any atom is 0.154 e. The van der Waals surface area contributed by atoms with Gasteiger partial charge in [0.25, 0.3) is 0 Å². The molecule has 0 aliphatic carbocycles. The molecule has 0 amide bonds. The van der Waals surface area contributed by atoms with Crippen LogP contribution in [0.25, 0.3) is 38.8 Å². The lowest BCUT2D eigenvalue weighted by Crippen LogP contribution is -1.92. The number of imidazole rings is 1. The van der Waals surface area contributed by atoms with E-state index in [4.69, 9.17) is 4.42 Å². The molecule has 3 aromatic heterocycles. The van der Waals surface area contributed by atoms with E-state index in [1.54, 1.807) is 6.20 Å². The molecule has 0 spiro atoms. The van der Waals surface area contributed by atoms with Crippen molar-refractivity contribution in [2.24, 2.45) is 0 Å². The van der Waals surface area contributed by atoms with Gasteiger partial charge >= 0.3 is 0 Å². The van der Waals surface area contributed by atoms with Gasteiger partial charge in [-0.2, -0.15) is 5.10 Å². The van der Waals surface area contributed by atoms with Crippen LogP contribution in [0.5, 0.6) is 0 Å². The summed E-state index contributed by atoms with van der Waals surface area (Å²) < 4.78 is 7.92. The van der Waals surface area contributed by atoms with E-state index in [2.05, 4.69) is 22.2 Å². The molecule has 5 rings (SSSR count). The van der Waals surface area contributed by atoms with Crippen LogP contribution in [0.3, 0.4) is 0 Å². The molecule has 0 saturated carbocycles. The van der Waals surface area contributed by atoms with Gasteiger partial charge in [-0.3, -0.25) is 0 Å². The fourth-order valence-electron chi connectivity index (χ4n) is 2.96. The number of furan rings is 1. The Morgan fingerprint density at radius 3 is 2.77 bits per heavy atom. The van der Waals surface area contributed by atoms with Crippen LogP contribution in [0.1, 0.15) is 0 Å². The van der Waals surface area contributed by atoms with Gasteiger partial charge < -0.3 is 4.42 Å². The molecule has 4 heteroatoms. The summed E-state index contributed by atoms with van der Waals surface area (Å²) in [5.41, 5.74) is 4.52. The maximum atomic E-state index is 6.09. The Morgan fingerprint density at radius 2 is 1.77 bits per heavy atom. The molecule has 3 heterocycles. The van der Waals surface area contributed by atoms with E-state index in [0.717, 1.165) is 38.8 Å². The van der Waals surface area contributed by atoms with Gasteiger partial charge in [0.15, 0.2) is 5.65 Å². The van der Waals surface area contributed by atoms with Crippen LogP contribution in [0.2, 0.25) is 0 Å². The molecule has 104 valence electrons. The van der Waals surface area contributed by atoms with Crippen LogP contribution in [0.15, 0.2) is 71.4 Å². The fourth-order valence-corrected chi connectivity index (χ4v) is 2.96. The molecule has 0 unspecified atom stereocenters. The lowest BCUT2D eigenvalue weighted by molar-refractivity contribution is 0.669. The predicted octanol–water partition coefficient (Wildman–Crippen LogP) is 4.30. The SMILES string of the molecule is c1ccc2c(c1)oc1c(-c3cnc4cccnn34)cccc12. The molecule has 5 aromatic rings. The third-order valence-corrected chi connectivity index (χ3v) is 3.96. The topological polar surface area (TPSA) is 43.3 Å². The number of nitrogens with zero attached hydrogens (tertiary/aromatic N) is 3. The van der Waals surface area contributed by atoms with Crippen LogP contribution >= 0.6 is 0 Å². The number of hydrogen-bond acceptors (Lipinski definition) is 3. The average molecular weight is 285 g/mol. The Kier molecular flexibility index (Phi) is 2.19. The number of para-hydroxylation sites is 2. The van der Waals surface area contributed by atoms with Crippen molar-refractivity contribution in [2.75, 3.05) is 0 Å². The molecule has 0 fully saturated rings. The Hall–Kier alpha value is -3.14. The largest absolute Gasteiger partial charge is 0.455 e. The first-order valence-electron chi connectivity index (χ1n) is 7.11.